The van der Waals surface area contributed by atoms with Gasteiger partial charge in [-0.25, -0.2) is 0 Å². The fraction of sp³-hybridized carbons (Fsp3) is 0.0714. The molecule has 3 rings (SSSR count). The van der Waals surface area contributed by atoms with Crippen molar-refractivity contribution in [1.29, 1.82) is 0 Å². The van der Waals surface area contributed by atoms with Gasteiger partial charge < -0.3 is 0 Å². The molecule has 1 nitrogen and oxygen atoms in total. The summed E-state index contributed by atoms with van der Waals surface area (Å²) >= 11 is 1.75. The van der Waals surface area contributed by atoms with Crippen LogP contribution in [0.3, 0.4) is 0 Å². The Bertz CT molecular complexity index is 560. The van der Waals surface area contributed by atoms with Crippen molar-refractivity contribution in [2.24, 2.45) is 0 Å². The monoisotopic (exact) mass is 226 g/mol. The lowest BCUT2D eigenvalue weighted by atomic mass is 10.0. The molecule has 0 amide bonds. The van der Waals surface area contributed by atoms with Gasteiger partial charge in [0.25, 0.3) is 0 Å². The molecule has 2 aromatic rings. The lowest BCUT2D eigenvalue weighted by molar-refractivity contribution is 0.112. The number of benzene rings is 2. The molecule has 0 radical (unpaired) electrons. The summed E-state index contributed by atoms with van der Waals surface area (Å²) in [5.74, 6) is 0. The van der Waals surface area contributed by atoms with Crippen LogP contribution >= 0.6 is 11.8 Å². The molecular formula is C14H10OS. The molecule has 78 valence electrons. The zero-order valence-electron chi connectivity index (χ0n) is 8.64. The lowest BCUT2D eigenvalue weighted by Gasteiger charge is -2.18. The third kappa shape index (κ3) is 1.55. The Morgan fingerprint density at radius 3 is 2.69 bits per heavy atom. The molecule has 2 heteroatoms. The van der Waals surface area contributed by atoms with E-state index in [4.69, 9.17) is 0 Å². The molecule has 2 aromatic carbocycles. The fourth-order valence-corrected chi connectivity index (χ4v) is 3.08. The van der Waals surface area contributed by atoms with Gasteiger partial charge in [0.1, 0.15) is 6.29 Å². The maximum Gasteiger partial charge on any atom is 0.150 e. The van der Waals surface area contributed by atoms with Crippen LogP contribution in [0.1, 0.15) is 21.5 Å². The predicted octanol–water partition coefficient (Wildman–Crippen LogP) is 3.55. The largest absolute Gasteiger partial charge is 0.298 e. The average Bonchev–Trinajstić information content (AvgIpc) is 2.35. The van der Waals surface area contributed by atoms with Crippen LogP contribution in [0.25, 0.3) is 0 Å². The highest BCUT2D eigenvalue weighted by Crippen LogP contribution is 2.39. The Kier molecular flexibility index (Phi) is 2.29. The Labute approximate surface area is 98.5 Å². The Morgan fingerprint density at radius 2 is 1.81 bits per heavy atom. The van der Waals surface area contributed by atoms with Crippen LogP contribution in [0.5, 0.6) is 0 Å². The van der Waals surface area contributed by atoms with E-state index in [1.54, 1.807) is 11.8 Å². The molecule has 1 aliphatic rings. The minimum atomic E-state index is 0.755. The van der Waals surface area contributed by atoms with E-state index >= 15 is 0 Å². The molecule has 0 aliphatic carbocycles. The summed E-state index contributed by atoms with van der Waals surface area (Å²) in [6.45, 7) is 0. The molecule has 0 fully saturated rings. The summed E-state index contributed by atoms with van der Waals surface area (Å²) in [5, 5.41) is 0. The highest BCUT2D eigenvalue weighted by Gasteiger charge is 2.15. The maximum atomic E-state index is 10.7. The second-order valence-electron chi connectivity index (χ2n) is 3.87. The van der Waals surface area contributed by atoms with Gasteiger partial charge in [0.2, 0.25) is 0 Å². The predicted molar refractivity (Wildman–Crippen MR) is 65.2 cm³/mol. The summed E-state index contributed by atoms with van der Waals surface area (Å²) in [4.78, 5) is 13.2. The highest BCUT2D eigenvalue weighted by molar-refractivity contribution is 7.99. The van der Waals surface area contributed by atoms with Gasteiger partial charge in [-0.15, -0.1) is 0 Å². The normalized spacial score (nSPS) is 12.8. The number of carbonyl (C=O) groups is 1. The Hall–Kier alpha value is -1.54. The van der Waals surface area contributed by atoms with Crippen molar-refractivity contribution in [3.8, 4) is 0 Å². The molecule has 0 saturated heterocycles. The third-order valence-corrected chi connectivity index (χ3v) is 4.02. The van der Waals surface area contributed by atoms with Crippen molar-refractivity contribution in [1.82, 2.24) is 0 Å². The minimum absolute atomic E-state index is 0.755. The van der Waals surface area contributed by atoms with Gasteiger partial charge in [-0.2, -0.15) is 0 Å². The molecule has 0 spiro atoms. The summed E-state index contributed by atoms with van der Waals surface area (Å²) in [7, 11) is 0. The van der Waals surface area contributed by atoms with E-state index < -0.39 is 0 Å². The van der Waals surface area contributed by atoms with Crippen LogP contribution in [0.15, 0.2) is 52.3 Å². The first-order valence-corrected chi connectivity index (χ1v) is 6.02. The third-order valence-electron chi connectivity index (χ3n) is 2.80. The number of hydrogen-bond acceptors (Lipinski definition) is 2. The smallest absolute Gasteiger partial charge is 0.150 e. The van der Waals surface area contributed by atoms with Gasteiger partial charge in [-0.3, -0.25) is 4.79 Å². The van der Waals surface area contributed by atoms with E-state index in [0.717, 1.165) is 18.3 Å². The van der Waals surface area contributed by atoms with Crippen LogP contribution in [0.4, 0.5) is 0 Å². The van der Waals surface area contributed by atoms with Gasteiger partial charge >= 0.3 is 0 Å². The second kappa shape index (κ2) is 3.80. The van der Waals surface area contributed by atoms with Crippen molar-refractivity contribution in [3.63, 3.8) is 0 Å². The SMILES string of the molecule is O=Cc1ccc2c(c1)Sc1ccccc1C2. The van der Waals surface area contributed by atoms with Crippen LogP contribution in [-0.4, -0.2) is 6.29 Å². The van der Waals surface area contributed by atoms with Crippen LogP contribution < -0.4 is 0 Å². The molecule has 0 unspecified atom stereocenters. The van der Waals surface area contributed by atoms with E-state index in [0.29, 0.717) is 0 Å². The van der Waals surface area contributed by atoms with E-state index in [2.05, 4.69) is 30.3 Å². The van der Waals surface area contributed by atoms with Crippen molar-refractivity contribution in [2.45, 2.75) is 16.2 Å². The number of carbonyl (C=O) groups excluding carboxylic acids is 1. The van der Waals surface area contributed by atoms with Crippen LogP contribution in [0.2, 0.25) is 0 Å². The average molecular weight is 226 g/mol. The molecule has 0 atom stereocenters. The molecular weight excluding hydrogens is 216 g/mol. The van der Waals surface area contributed by atoms with Crippen molar-refractivity contribution < 1.29 is 4.79 Å². The Morgan fingerprint density at radius 1 is 1.00 bits per heavy atom. The molecule has 1 heterocycles. The minimum Gasteiger partial charge on any atom is -0.298 e. The maximum absolute atomic E-state index is 10.7. The molecule has 0 N–H and O–H groups in total. The first-order chi connectivity index (χ1) is 7.86. The lowest BCUT2D eigenvalue weighted by Crippen LogP contribution is -1.99. The molecule has 0 saturated carbocycles. The van der Waals surface area contributed by atoms with E-state index in [1.807, 2.05) is 12.1 Å². The molecule has 0 aromatic heterocycles. The summed E-state index contributed by atoms with van der Waals surface area (Å²) < 4.78 is 0. The van der Waals surface area contributed by atoms with Crippen molar-refractivity contribution in [3.05, 3.63) is 59.2 Å². The first kappa shape index (κ1) is 9.67. The van der Waals surface area contributed by atoms with Gasteiger partial charge in [0.05, 0.1) is 0 Å². The van der Waals surface area contributed by atoms with E-state index in [9.17, 15) is 4.79 Å². The quantitative estimate of drug-likeness (QED) is 0.590. The molecule has 0 bridgehead atoms. The van der Waals surface area contributed by atoms with Crippen LogP contribution in [0, 0.1) is 0 Å². The number of rotatable bonds is 1. The summed E-state index contributed by atoms with van der Waals surface area (Å²) in [6.07, 6.45) is 1.87. The summed E-state index contributed by atoms with van der Waals surface area (Å²) in [6, 6.07) is 14.4. The Balaban J connectivity index is 2.08. The number of fused-ring (bicyclic) bond motifs is 2. The van der Waals surface area contributed by atoms with Crippen LogP contribution in [-0.2, 0) is 6.42 Å². The standard InChI is InChI=1S/C14H10OS/c15-9-10-5-6-12-8-11-3-1-2-4-13(11)16-14(12)7-10/h1-7,9H,8H2. The van der Waals surface area contributed by atoms with E-state index in [-0.39, 0.29) is 0 Å². The zero-order valence-corrected chi connectivity index (χ0v) is 9.46. The van der Waals surface area contributed by atoms with E-state index in [1.165, 1.54) is 20.9 Å². The van der Waals surface area contributed by atoms with Crippen molar-refractivity contribution in [2.75, 3.05) is 0 Å². The summed E-state index contributed by atoms with van der Waals surface area (Å²) in [5.41, 5.74) is 3.44. The van der Waals surface area contributed by atoms with Gasteiger partial charge in [-0.1, -0.05) is 42.1 Å². The first-order valence-electron chi connectivity index (χ1n) is 5.21. The zero-order chi connectivity index (χ0) is 11.0. The number of aldehydes is 1. The van der Waals surface area contributed by atoms with Gasteiger partial charge in [0.15, 0.2) is 0 Å². The van der Waals surface area contributed by atoms with Gasteiger partial charge in [0, 0.05) is 15.4 Å². The van der Waals surface area contributed by atoms with Gasteiger partial charge in [-0.05, 0) is 29.7 Å². The second-order valence-corrected chi connectivity index (χ2v) is 4.96. The topological polar surface area (TPSA) is 17.1 Å². The highest BCUT2D eigenvalue weighted by atomic mass is 32.2. The number of hydrogen-bond donors (Lipinski definition) is 0. The fourth-order valence-electron chi connectivity index (χ4n) is 1.96. The van der Waals surface area contributed by atoms with Crippen molar-refractivity contribution >= 4 is 18.0 Å². The molecule has 16 heavy (non-hydrogen) atoms. The molecule has 1 aliphatic heterocycles.